The standard InChI is InChI=1S/C26H29N7O4S2/c1-26(2,35)22-16-33(31-30-22)15-18-4-3-5-23(28-18)29-25-20(24(27)34)14-21(38-25)17-6-8-19(9-7-17)32-10-12-39(36,37)13-11-32/h3-9,14,16,35H,10-13,15H2,1-2H3,(H3,27,28,29,34)/p+1. The van der Waals surface area contributed by atoms with Gasteiger partial charge in [0.15, 0.2) is 22.6 Å². The third-order valence-electron chi connectivity index (χ3n) is 6.44. The highest BCUT2D eigenvalue weighted by Gasteiger charge is 2.27. The molecule has 0 atom stereocenters. The molecule has 39 heavy (non-hydrogen) atoms. The quantitative estimate of drug-likeness (QED) is 0.236. The lowest BCUT2D eigenvalue weighted by molar-refractivity contribution is -0.746. The zero-order valence-corrected chi connectivity index (χ0v) is 23.2. The van der Waals surface area contributed by atoms with Gasteiger partial charge in [0.05, 0.1) is 22.8 Å². The molecule has 1 aromatic carbocycles. The molecule has 4 heterocycles. The van der Waals surface area contributed by atoms with Crippen molar-refractivity contribution >= 4 is 43.6 Å². The SMILES string of the molecule is CC(C)(O)c1c[n+](Cc2cccc(Nc3sc(-c4ccc(N5CCS(=O)(=O)CC5)cc4)cc3C(N)=O)n2)[nH]n1. The molecule has 1 aliphatic heterocycles. The molecular formula is C26H30N7O4S2+. The van der Waals surface area contributed by atoms with Crippen LogP contribution in [0, 0.1) is 0 Å². The molecule has 0 spiro atoms. The van der Waals surface area contributed by atoms with Crippen LogP contribution < -0.4 is 20.6 Å². The summed E-state index contributed by atoms with van der Waals surface area (Å²) >= 11 is 1.40. The fourth-order valence-electron chi connectivity index (χ4n) is 4.24. The molecule has 5 rings (SSSR count). The molecule has 0 aliphatic carbocycles. The number of aromatic nitrogens is 4. The minimum absolute atomic E-state index is 0.161. The summed E-state index contributed by atoms with van der Waals surface area (Å²) in [5.74, 6) is 0.332. The van der Waals surface area contributed by atoms with Crippen molar-refractivity contribution in [2.24, 2.45) is 5.73 Å². The van der Waals surface area contributed by atoms with Gasteiger partial charge < -0.3 is 21.1 Å². The molecule has 0 saturated carbocycles. The highest BCUT2D eigenvalue weighted by molar-refractivity contribution is 7.91. The van der Waals surface area contributed by atoms with Crippen molar-refractivity contribution in [2.75, 3.05) is 34.8 Å². The Labute approximate surface area is 230 Å². The Balaban J connectivity index is 1.33. The van der Waals surface area contributed by atoms with E-state index in [-0.39, 0.29) is 11.5 Å². The fourth-order valence-corrected chi connectivity index (χ4v) is 6.52. The van der Waals surface area contributed by atoms with E-state index in [0.717, 1.165) is 21.8 Å². The second-order valence-electron chi connectivity index (χ2n) is 9.96. The molecule has 11 nitrogen and oxygen atoms in total. The molecule has 3 aromatic heterocycles. The second kappa shape index (κ2) is 10.4. The number of sulfone groups is 1. The van der Waals surface area contributed by atoms with E-state index in [4.69, 9.17) is 5.73 Å². The number of pyridine rings is 1. The molecule has 13 heteroatoms. The molecule has 0 bridgehead atoms. The number of primary amides is 1. The number of H-pyrrole nitrogens is 1. The van der Waals surface area contributed by atoms with Crippen molar-refractivity contribution in [3.05, 3.63) is 71.7 Å². The zero-order chi connectivity index (χ0) is 27.8. The minimum atomic E-state index is -2.94. The van der Waals surface area contributed by atoms with Crippen molar-refractivity contribution in [2.45, 2.75) is 26.0 Å². The normalized spacial score (nSPS) is 15.3. The van der Waals surface area contributed by atoms with Crippen molar-refractivity contribution in [3.63, 3.8) is 0 Å². The number of nitrogens with zero attached hydrogens (tertiary/aromatic N) is 4. The van der Waals surface area contributed by atoms with Gasteiger partial charge in [-0.15, -0.1) is 11.3 Å². The number of hydrogen-bond donors (Lipinski definition) is 4. The van der Waals surface area contributed by atoms with Crippen LogP contribution in [-0.4, -0.2) is 59.3 Å². The summed E-state index contributed by atoms with van der Waals surface area (Å²) in [4.78, 5) is 19.8. The zero-order valence-electron chi connectivity index (χ0n) is 21.6. The lowest BCUT2D eigenvalue weighted by Gasteiger charge is -2.28. The third-order valence-corrected chi connectivity index (χ3v) is 9.15. The molecule has 0 unspecified atom stereocenters. The summed E-state index contributed by atoms with van der Waals surface area (Å²) < 4.78 is 25.2. The van der Waals surface area contributed by atoms with E-state index in [1.54, 1.807) is 36.9 Å². The van der Waals surface area contributed by atoms with Gasteiger partial charge in [-0.3, -0.25) is 4.79 Å². The number of hydrogen-bond acceptors (Lipinski definition) is 9. The molecule has 1 amide bonds. The van der Waals surface area contributed by atoms with Gasteiger partial charge >= 0.3 is 0 Å². The summed E-state index contributed by atoms with van der Waals surface area (Å²) in [5, 5.41) is 21.0. The molecule has 1 saturated heterocycles. The molecule has 1 aliphatic rings. The van der Waals surface area contributed by atoms with Crippen molar-refractivity contribution < 1.29 is 23.0 Å². The van der Waals surface area contributed by atoms with E-state index >= 15 is 0 Å². The van der Waals surface area contributed by atoms with Crippen LogP contribution in [0.5, 0.6) is 0 Å². The molecule has 5 N–H and O–H groups in total. The van der Waals surface area contributed by atoms with E-state index < -0.39 is 21.3 Å². The Morgan fingerprint density at radius 1 is 1.21 bits per heavy atom. The summed E-state index contributed by atoms with van der Waals surface area (Å²) in [5.41, 5.74) is 8.14. The van der Waals surface area contributed by atoms with Gasteiger partial charge in [0.2, 0.25) is 5.69 Å². The summed E-state index contributed by atoms with van der Waals surface area (Å²) in [6.45, 7) is 4.70. The number of nitrogens with two attached hydrogens (primary N) is 1. The lowest BCUT2D eigenvalue weighted by atomic mass is 10.1. The van der Waals surface area contributed by atoms with Crippen LogP contribution >= 0.6 is 11.3 Å². The first kappa shape index (κ1) is 26.8. The van der Waals surface area contributed by atoms with Crippen LogP contribution in [0.1, 0.15) is 35.6 Å². The maximum Gasteiger partial charge on any atom is 0.251 e. The Hall–Kier alpha value is -3.81. The fraction of sp³-hybridized carbons (Fsp3) is 0.308. The Morgan fingerprint density at radius 3 is 2.56 bits per heavy atom. The monoisotopic (exact) mass is 568 g/mol. The maximum absolute atomic E-state index is 12.2. The average molecular weight is 569 g/mol. The largest absolute Gasteiger partial charge is 0.382 e. The number of rotatable bonds is 8. The van der Waals surface area contributed by atoms with E-state index in [0.29, 0.717) is 41.7 Å². The Bertz CT molecular complexity index is 1590. The molecule has 4 aromatic rings. The van der Waals surface area contributed by atoms with Crippen LogP contribution in [0.4, 0.5) is 16.5 Å². The van der Waals surface area contributed by atoms with Crippen molar-refractivity contribution in [3.8, 4) is 10.4 Å². The Kier molecular flexibility index (Phi) is 7.14. The van der Waals surface area contributed by atoms with E-state index in [9.17, 15) is 18.3 Å². The van der Waals surface area contributed by atoms with Crippen LogP contribution in [-0.2, 0) is 22.0 Å². The highest BCUT2D eigenvalue weighted by Crippen LogP contribution is 2.37. The maximum atomic E-state index is 12.2. The third kappa shape index (κ3) is 6.27. The first-order valence-electron chi connectivity index (χ1n) is 12.4. The van der Waals surface area contributed by atoms with Crippen molar-refractivity contribution in [1.82, 2.24) is 15.3 Å². The van der Waals surface area contributed by atoms with Gasteiger partial charge in [-0.1, -0.05) is 23.4 Å². The summed E-state index contributed by atoms with van der Waals surface area (Å²) in [6, 6.07) is 15.2. The van der Waals surface area contributed by atoms with Gasteiger partial charge in [-0.25, -0.2) is 13.4 Å². The number of carbonyl (C=O) groups is 1. The van der Waals surface area contributed by atoms with Gasteiger partial charge in [-0.05, 0) is 49.7 Å². The summed E-state index contributed by atoms with van der Waals surface area (Å²) in [7, 11) is -2.94. The average Bonchev–Trinajstić information content (AvgIpc) is 3.52. The van der Waals surface area contributed by atoms with Gasteiger partial charge in [0, 0.05) is 28.8 Å². The second-order valence-corrected chi connectivity index (χ2v) is 13.3. The molecule has 1 fully saturated rings. The number of anilines is 3. The molecule has 204 valence electrons. The Morgan fingerprint density at radius 2 is 1.92 bits per heavy atom. The number of aliphatic hydroxyl groups is 1. The molecule has 0 radical (unpaired) electrons. The minimum Gasteiger partial charge on any atom is -0.382 e. The molecular weight excluding hydrogens is 538 g/mol. The summed E-state index contributed by atoms with van der Waals surface area (Å²) in [6.07, 6.45) is 1.73. The van der Waals surface area contributed by atoms with Crippen LogP contribution in [0.15, 0.2) is 54.7 Å². The number of benzene rings is 1. The predicted octanol–water partition coefficient (Wildman–Crippen LogP) is 2.17. The van der Waals surface area contributed by atoms with Gasteiger partial charge in [0.1, 0.15) is 16.4 Å². The number of carbonyl (C=O) groups excluding carboxylic acids is 1. The first-order chi connectivity index (χ1) is 18.5. The lowest BCUT2D eigenvalue weighted by Crippen LogP contribution is -2.40. The van der Waals surface area contributed by atoms with Crippen LogP contribution in [0.2, 0.25) is 0 Å². The van der Waals surface area contributed by atoms with E-state index in [2.05, 4.69) is 25.5 Å². The van der Waals surface area contributed by atoms with Crippen molar-refractivity contribution in [1.29, 1.82) is 0 Å². The highest BCUT2D eigenvalue weighted by atomic mass is 32.2. The number of thiophene rings is 1. The van der Waals surface area contributed by atoms with Gasteiger partial charge in [-0.2, -0.15) is 4.68 Å². The number of amides is 1. The first-order valence-corrected chi connectivity index (χ1v) is 15.0. The topological polar surface area (TPSA) is 158 Å². The van der Waals surface area contributed by atoms with E-state index in [1.807, 2.05) is 36.4 Å². The number of nitrogens with one attached hydrogen (secondary N) is 2. The number of aromatic amines is 1. The van der Waals surface area contributed by atoms with Gasteiger partial charge in [0.25, 0.3) is 5.91 Å². The van der Waals surface area contributed by atoms with Crippen LogP contribution in [0.3, 0.4) is 0 Å². The van der Waals surface area contributed by atoms with Crippen LogP contribution in [0.25, 0.3) is 10.4 Å². The predicted molar refractivity (Wildman–Crippen MR) is 150 cm³/mol. The van der Waals surface area contributed by atoms with E-state index in [1.165, 1.54) is 11.3 Å². The smallest absolute Gasteiger partial charge is 0.251 e.